The monoisotopic (exact) mass is 519 g/mol. The summed E-state index contributed by atoms with van der Waals surface area (Å²) in [6.45, 7) is -0.0423. The molecule has 1 amide bonds. The van der Waals surface area contributed by atoms with E-state index in [0.717, 1.165) is 20.4 Å². The summed E-state index contributed by atoms with van der Waals surface area (Å²) in [5, 5.41) is 3.40. The molecule has 0 aliphatic carbocycles. The third kappa shape index (κ3) is 7.38. The molecule has 0 spiro atoms. The number of benzene rings is 2. The Morgan fingerprint density at radius 1 is 1.03 bits per heavy atom. The maximum absolute atomic E-state index is 12.3. The van der Waals surface area contributed by atoms with Crippen molar-refractivity contribution in [2.45, 2.75) is 10.6 Å². The number of amides is 1. The summed E-state index contributed by atoms with van der Waals surface area (Å²) in [4.78, 5) is 12.4. The van der Waals surface area contributed by atoms with Crippen molar-refractivity contribution < 1.29 is 21.6 Å². The minimum Gasteiger partial charge on any atom is -0.354 e. The van der Waals surface area contributed by atoms with Gasteiger partial charge in [-0.05, 0) is 35.9 Å². The second-order valence-corrected chi connectivity index (χ2v) is 12.6. The molecular formula is C20H26ClN3O5S3. The zero-order valence-corrected chi connectivity index (χ0v) is 21.2. The molecule has 0 aromatic heterocycles. The molecule has 0 aliphatic rings. The molecule has 176 valence electrons. The number of nitrogens with zero attached hydrogens (tertiary/aromatic N) is 2. The largest absolute Gasteiger partial charge is 0.354 e. The number of hydrogen-bond donors (Lipinski definition) is 1. The van der Waals surface area contributed by atoms with E-state index in [1.54, 1.807) is 11.8 Å². The summed E-state index contributed by atoms with van der Waals surface area (Å²) in [6, 6.07) is 12.9. The van der Waals surface area contributed by atoms with Crippen LogP contribution in [0.25, 0.3) is 0 Å². The Balaban J connectivity index is 1.95. The second-order valence-electron chi connectivity index (χ2n) is 7.04. The average molecular weight is 520 g/mol. The Kier molecular flexibility index (Phi) is 9.40. The molecule has 1 N–H and O–H groups in total. The molecule has 0 radical (unpaired) electrons. The van der Waals surface area contributed by atoms with Gasteiger partial charge < -0.3 is 5.32 Å². The van der Waals surface area contributed by atoms with Crippen molar-refractivity contribution in [2.24, 2.45) is 0 Å². The van der Waals surface area contributed by atoms with Gasteiger partial charge in [-0.2, -0.15) is 11.8 Å². The lowest BCUT2D eigenvalue weighted by Gasteiger charge is -2.22. The fraction of sp³-hybridized carbons (Fsp3) is 0.350. The predicted molar refractivity (Wildman–Crippen MR) is 130 cm³/mol. The third-order valence-corrected chi connectivity index (χ3v) is 8.72. The van der Waals surface area contributed by atoms with Crippen molar-refractivity contribution in [1.29, 1.82) is 0 Å². The average Bonchev–Trinajstić information content (AvgIpc) is 2.72. The van der Waals surface area contributed by atoms with E-state index in [0.29, 0.717) is 23.1 Å². The Hall–Kier alpha value is -1.79. The second kappa shape index (κ2) is 11.4. The van der Waals surface area contributed by atoms with Crippen LogP contribution in [0.2, 0.25) is 5.02 Å². The molecule has 12 heteroatoms. The van der Waals surface area contributed by atoms with Crippen LogP contribution in [0.1, 0.15) is 5.56 Å². The summed E-state index contributed by atoms with van der Waals surface area (Å²) in [7, 11) is -4.59. The molecule has 2 aromatic carbocycles. The number of rotatable bonds is 11. The smallest absolute Gasteiger partial charge is 0.242 e. The van der Waals surface area contributed by atoms with Crippen LogP contribution in [0.5, 0.6) is 0 Å². The minimum atomic E-state index is -3.76. The molecule has 2 aromatic rings. The van der Waals surface area contributed by atoms with Gasteiger partial charge in [0.2, 0.25) is 26.0 Å². The maximum Gasteiger partial charge on any atom is 0.242 e. The molecule has 32 heavy (non-hydrogen) atoms. The molecule has 8 nitrogen and oxygen atoms in total. The molecule has 0 unspecified atom stereocenters. The molecule has 0 fully saturated rings. The van der Waals surface area contributed by atoms with Crippen LogP contribution in [0.3, 0.4) is 0 Å². The molecule has 0 aliphatic heterocycles. The van der Waals surface area contributed by atoms with Crippen molar-refractivity contribution in [2.75, 3.05) is 43.5 Å². The number of nitrogens with one attached hydrogen (secondary N) is 1. The minimum absolute atomic E-state index is 0.0275. The zero-order valence-electron chi connectivity index (χ0n) is 18.0. The SMILES string of the molecule is CN(C)S(=O)(=O)c1ccc(N(CC(=O)NCCSCc2ccccc2Cl)S(C)(=O)=O)cc1. The van der Waals surface area contributed by atoms with Crippen molar-refractivity contribution >= 4 is 55.0 Å². The maximum atomic E-state index is 12.3. The first kappa shape index (κ1) is 26.5. The highest BCUT2D eigenvalue weighted by atomic mass is 35.5. The van der Waals surface area contributed by atoms with Crippen molar-refractivity contribution in [3.8, 4) is 0 Å². The number of hydrogen-bond acceptors (Lipinski definition) is 6. The van der Waals surface area contributed by atoms with Crippen LogP contribution < -0.4 is 9.62 Å². The number of thioether (sulfide) groups is 1. The number of carbonyl (C=O) groups is 1. The van der Waals surface area contributed by atoms with E-state index in [4.69, 9.17) is 11.6 Å². The summed E-state index contributed by atoms with van der Waals surface area (Å²) in [5.74, 6) is 0.874. The fourth-order valence-corrected chi connectivity index (χ4v) is 5.54. The zero-order chi connectivity index (χ0) is 23.9. The Labute approximate surface area is 199 Å². The highest BCUT2D eigenvalue weighted by molar-refractivity contribution is 7.98. The highest BCUT2D eigenvalue weighted by Crippen LogP contribution is 2.22. The highest BCUT2D eigenvalue weighted by Gasteiger charge is 2.22. The van der Waals surface area contributed by atoms with E-state index in [1.807, 2.05) is 24.3 Å². The third-order valence-electron chi connectivity index (χ3n) is 4.37. The topological polar surface area (TPSA) is 104 Å². The van der Waals surface area contributed by atoms with Crippen LogP contribution in [0.15, 0.2) is 53.4 Å². The van der Waals surface area contributed by atoms with Crippen molar-refractivity contribution in [1.82, 2.24) is 9.62 Å². The number of anilines is 1. The van der Waals surface area contributed by atoms with Crippen LogP contribution in [0, 0.1) is 0 Å². The summed E-state index contributed by atoms with van der Waals surface area (Å²) in [5.41, 5.74) is 1.21. The molecule has 0 heterocycles. The Morgan fingerprint density at radius 2 is 1.66 bits per heavy atom. The van der Waals surface area contributed by atoms with E-state index >= 15 is 0 Å². The lowest BCUT2D eigenvalue weighted by Crippen LogP contribution is -2.41. The molecule has 0 saturated carbocycles. The van der Waals surface area contributed by atoms with Crippen LogP contribution in [-0.2, 0) is 30.6 Å². The van der Waals surface area contributed by atoms with Gasteiger partial charge in [0.25, 0.3) is 0 Å². The number of carbonyl (C=O) groups excluding carboxylic acids is 1. The quantitative estimate of drug-likeness (QED) is 0.457. The van der Waals surface area contributed by atoms with E-state index in [1.165, 1.54) is 38.4 Å². The predicted octanol–water partition coefficient (Wildman–Crippen LogP) is 2.41. The first-order chi connectivity index (χ1) is 14.9. The van der Waals surface area contributed by atoms with E-state index in [2.05, 4.69) is 5.32 Å². The molecule has 2 rings (SSSR count). The van der Waals surface area contributed by atoms with Gasteiger partial charge in [0.15, 0.2) is 0 Å². The first-order valence-electron chi connectivity index (χ1n) is 9.51. The van der Waals surface area contributed by atoms with Gasteiger partial charge in [0.05, 0.1) is 16.8 Å². The summed E-state index contributed by atoms with van der Waals surface area (Å²) < 4.78 is 50.8. The van der Waals surface area contributed by atoms with Gasteiger partial charge in [0.1, 0.15) is 6.54 Å². The molecular weight excluding hydrogens is 494 g/mol. The fourth-order valence-electron chi connectivity index (χ4n) is 2.64. The van der Waals surface area contributed by atoms with Crippen LogP contribution in [-0.4, -0.2) is 66.2 Å². The van der Waals surface area contributed by atoms with E-state index in [9.17, 15) is 21.6 Å². The van der Waals surface area contributed by atoms with Crippen molar-refractivity contribution in [3.63, 3.8) is 0 Å². The normalized spacial score (nSPS) is 12.0. The van der Waals surface area contributed by atoms with Gasteiger partial charge in [-0.1, -0.05) is 29.8 Å². The van der Waals surface area contributed by atoms with Gasteiger partial charge in [-0.15, -0.1) is 0 Å². The Morgan fingerprint density at radius 3 is 2.22 bits per heavy atom. The van der Waals surface area contributed by atoms with Crippen LogP contribution in [0.4, 0.5) is 5.69 Å². The molecule has 0 saturated heterocycles. The lowest BCUT2D eigenvalue weighted by molar-refractivity contribution is -0.119. The van der Waals surface area contributed by atoms with E-state index in [-0.39, 0.29) is 10.6 Å². The first-order valence-corrected chi connectivity index (χ1v) is 14.3. The molecule has 0 atom stereocenters. The number of sulfonamides is 2. The van der Waals surface area contributed by atoms with Gasteiger partial charge in [0, 0.05) is 37.2 Å². The lowest BCUT2D eigenvalue weighted by atomic mass is 10.2. The summed E-state index contributed by atoms with van der Waals surface area (Å²) >= 11 is 7.71. The van der Waals surface area contributed by atoms with Gasteiger partial charge >= 0.3 is 0 Å². The van der Waals surface area contributed by atoms with Gasteiger partial charge in [-0.25, -0.2) is 21.1 Å². The van der Waals surface area contributed by atoms with E-state index < -0.39 is 32.5 Å². The van der Waals surface area contributed by atoms with Gasteiger partial charge in [-0.3, -0.25) is 9.10 Å². The van der Waals surface area contributed by atoms with Crippen molar-refractivity contribution in [3.05, 3.63) is 59.1 Å². The number of halogens is 1. The standard InChI is InChI=1S/C20H26ClN3O5S3/c1-23(2)32(28,29)18-10-8-17(9-11-18)24(31(3,26)27)14-20(25)22-12-13-30-15-16-6-4-5-7-19(16)21/h4-11H,12-15H2,1-3H3,(H,22,25). The van der Waals surface area contributed by atoms with Crippen LogP contribution >= 0.6 is 23.4 Å². The Bertz CT molecular complexity index is 1140. The molecule has 0 bridgehead atoms. The summed E-state index contributed by atoms with van der Waals surface area (Å²) in [6.07, 6.45) is 0.990.